The number of allylic oxidation sites excluding steroid dienone is 4. The normalized spacial score (nSPS) is 21.2. The molecule has 0 unspecified atom stereocenters. The minimum atomic E-state index is 0.953. The molecule has 0 radical (unpaired) electrons. The summed E-state index contributed by atoms with van der Waals surface area (Å²) < 4.78 is 0. The molecule has 1 aromatic carbocycles. The van der Waals surface area contributed by atoms with Crippen LogP contribution < -0.4 is 4.90 Å². The molecule has 1 aliphatic heterocycles. The Kier molecular flexibility index (Phi) is 2.95. The summed E-state index contributed by atoms with van der Waals surface area (Å²) in [5, 5.41) is 0. The van der Waals surface area contributed by atoms with Crippen LogP contribution in [0.3, 0.4) is 0 Å². The maximum absolute atomic E-state index is 4.12. The maximum Gasteiger partial charge on any atom is 0.0445 e. The van der Waals surface area contributed by atoms with Crippen molar-refractivity contribution in [2.75, 3.05) is 18.5 Å². The smallest absolute Gasteiger partial charge is 0.0445 e. The van der Waals surface area contributed by atoms with Gasteiger partial charge in [0.05, 0.1) is 0 Å². The first-order valence-electron chi connectivity index (χ1n) is 5.52. The Morgan fingerprint density at radius 1 is 1.25 bits per heavy atom. The van der Waals surface area contributed by atoms with Crippen LogP contribution >= 0.6 is 0 Å². The molecular weight excluding hydrogens is 194 g/mol. The number of anilines is 1. The van der Waals surface area contributed by atoms with Gasteiger partial charge in [-0.05, 0) is 18.6 Å². The fourth-order valence-corrected chi connectivity index (χ4v) is 2.01. The number of nitrogens with zero attached hydrogens (tertiary/aromatic N) is 1. The van der Waals surface area contributed by atoms with Crippen molar-refractivity contribution in [2.45, 2.75) is 6.92 Å². The first-order valence-corrected chi connectivity index (χ1v) is 5.52. The summed E-state index contributed by atoms with van der Waals surface area (Å²) in [5.74, 6) is 0. The van der Waals surface area contributed by atoms with E-state index in [1.165, 1.54) is 16.8 Å². The largest absolute Gasteiger partial charge is 0.370 e. The van der Waals surface area contributed by atoms with Gasteiger partial charge in [-0.2, -0.15) is 0 Å². The van der Waals surface area contributed by atoms with Gasteiger partial charge in [0.2, 0.25) is 0 Å². The fraction of sp³-hybridized carbons (Fsp3) is 0.200. The van der Waals surface area contributed by atoms with Crippen LogP contribution in [-0.4, -0.2) is 13.6 Å². The molecule has 0 atom stereocenters. The number of likely N-dealkylation sites (N-methyl/N-ethyl adjacent to an activating group) is 1. The highest BCUT2D eigenvalue weighted by Gasteiger charge is 2.09. The number of rotatable bonds is 0. The molecule has 0 amide bonds. The molecule has 1 nitrogen and oxygen atoms in total. The molecule has 1 aromatic rings. The summed E-state index contributed by atoms with van der Waals surface area (Å²) in [4.78, 5) is 2.26. The van der Waals surface area contributed by atoms with Crippen molar-refractivity contribution in [2.24, 2.45) is 0 Å². The zero-order chi connectivity index (χ0) is 11.5. The highest BCUT2D eigenvalue weighted by molar-refractivity contribution is 5.81. The summed E-state index contributed by atoms with van der Waals surface area (Å²) in [6, 6.07) is 8.40. The third-order valence-corrected chi connectivity index (χ3v) is 2.83. The summed E-state index contributed by atoms with van der Waals surface area (Å²) in [5.41, 5.74) is 4.87. The van der Waals surface area contributed by atoms with Gasteiger partial charge in [-0.1, -0.05) is 48.6 Å². The van der Waals surface area contributed by atoms with Crippen molar-refractivity contribution < 1.29 is 0 Å². The molecule has 0 saturated heterocycles. The van der Waals surface area contributed by atoms with Gasteiger partial charge in [-0.3, -0.25) is 0 Å². The van der Waals surface area contributed by atoms with Crippen molar-refractivity contribution in [3.8, 4) is 0 Å². The minimum absolute atomic E-state index is 0.953. The van der Waals surface area contributed by atoms with E-state index in [1.54, 1.807) is 0 Å². The van der Waals surface area contributed by atoms with Gasteiger partial charge in [0, 0.05) is 24.8 Å². The zero-order valence-electron chi connectivity index (χ0n) is 9.90. The van der Waals surface area contributed by atoms with Crippen LogP contribution in [0.2, 0.25) is 0 Å². The molecule has 0 fully saturated rings. The van der Waals surface area contributed by atoms with Gasteiger partial charge in [0.1, 0.15) is 0 Å². The van der Waals surface area contributed by atoms with Gasteiger partial charge in [0.15, 0.2) is 0 Å². The van der Waals surface area contributed by atoms with Crippen molar-refractivity contribution in [3.63, 3.8) is 0 Å². The highest BCUT2D eigenvalue weighted by atomic mass is 15.1. The molecule has 0 aromatic heterocycles. The van der Waals surface area contributed by atoms with E-state index < -0.39 is 0 Å². The molecule has 2 rings (SSSR count). The van der Waals surface area contributed by atoms with Crippen LogP contribution in [0, 0.1) is 0 Å². The average molecular weight is 211 g/mol. The van der Waals surface area contributed by atoms with Gasteiger partial charge >= 0.3 is 0 Å². The first kappa shape index (κ1) is 10.7. The lowest BCUT2D eigenvalue weighted by Gasteiger charge is -2.22. The predicted octanol–water partition coefficient (Wildman–Crippen LogP) is 3.65. The van der Waals surface area contributed by atoms with E-state index in [9.17, 15) is 0 Å². The summed E-state index contributed by atoms with van der Waals surface area (Å²) >= 11 is 0. The topological polar surface area (TPSA) is 3.24 Å². The van der Waals surface area contributed by atoms with E-state index in [-0.39, 0.29) is 0 Å². The maximum atomic E-state index is 4.12. The van der Waals surface area contributed by atoms with Gasteiger partial charge in [-0.15, -0.1) is 0 Å². The standard InChI is InChI=1S/C15H17N/c1-12-7-6-8-13(2)14-9-4-5-10-15(14)16(3)11-12/h4-10H,2,11H2,1,3H3/b8-6-,12-7-. The van der Waals surface area contributed by atoms with Gasteiger partial charge < -0.3 is 4.90 Å². The number of hydrogen-bond acceptors (Lipinski definition) is 1. The molecule has 0 bridgehead atoms. The van der Waals surface area contributed by atoms with E-state index in [1.807, 2.05) is 0 Å². The van der Waals surface area contributed by atoms with Crippen LogP contribution in [-0.2, 0) is 0 Å². The molecule has 0 N–H and O–H groups in total. The molecule has 16 heavy (non-hydrogen) atoms. The molecule has 0 aliphatic carbocycles. The Labute approximate surface area is 97.4 Å². The second kappa shape index (κ2) is 4.40. The number of benzene rings is 1. The van der Waals surface area contributed by atoms with Crippen molar-refractivity contribution >= 4 is 11.3 Å². The lowest BCUT2D eigenvalue weighted by atomic mass is 10.0. The summed E-state index contributed by atoms with van der Waals surface area (Å²) in [7, 11) is 2.12. The Morgan fingerprint density at radius 3 is 2.81 bits per heavy atom. The first-order chi connectivity index (χ1) is 7.68. The van der Waals surface area contributed by atoms with Gasteiger partial charge in [0.25, 0.3) is 0 Å². The second-order valence-corrected chi connectivity index (χ2v) is 4.27. The molecule has 1 heterocycles. The molecule has 82 valence electrons. The van der Waals surface area contributed by atoms with Crippen LogP contribution in [0.25, 0.3) is 5.57 Å². The second-order valence-electron chi connectivity index (χ2n) is 4.27. The van der Waals surface area contributed by atoms with E-state index >= 15 is 0 Å². The lowest BCUT2D eigenvalue weighted by Crippen LogP contribution is -2.20. The third kappa shape index (κ3) is 2.08. The van der Waals surface area contributed by atoms with Gasteiger partial charge in [-0.25, -0.2) is 0 Å². The Bertz CT molecular complexity index is 466. The van der Waals surface area contributed by atoms with E-state index in [4.69, 9.17) is 0 Å². The van der Waals surface area contributed by atoms with Crippen molar-refractivity contribution in [3.05, 3.63) is 60.2 Å². The monoisotopic (exact) mass is 211 g/mol. The quantitative estimate of drug-likeness (QED) is 0.633. The number of fused-ring (bicyclic) bond motifs is 1. The predicted molar refractivity (Wildman–Crippen MR) is 71.6 cm³/mol. The lowest BCUT2D eigenvalue weighted by molar-refractivity contribution is 0.980. The van der Waals surface area contributed by atoms with E-state index in [0.29, 0.717) is 0 Å². The van der Waals surface area contributed by atoms with E-state index in [2.05, 4.69) is 67.9 Å². The Balaban J connectivity index is 2.52. The molecule has 0 spiro atoms. The zero-order valence-corrected chi connectivity index (χ0v) is 9.90. The van der Waals surface area contributed by atoms with Crippen LogP contribution in [0.5, 0.6) is 0 Å². The van der Waals surface area contributed by atoms with Crippen LogP contribution in [0.4, 0.5) is 5.69 Å². The summed E-state index contributed by atoms with van der Waals surface area (Å²) in [6.07, 6.45) is 6.29. The molecule has 0 saturated carbocycles. The number of para-hydroxylation sites is 1. The van der Waals surface area contributed by atoms with Crippen molar-refractivity contribution in [1.82, 2.24) is 0 Å². The molecule has 1 heteroatoms. The number of hydrogen-bond donors (Lipinski definition) is 0. The highest BCUT2D eigenvalue weighted by Crippen LogP contribution is 2.27. The Morgan fingerprint density at radius 2 is 2.00 bits per heavy atom. The SMILES string of the molecule is C=C1/C=C\C=C(\C)CN(C)c2ccccc21. The fourth-order valence-electron chi connectivity index (χ4n) is 2.01. The van der Waals surface area contributed by atoms with Crippen LogP contribution in [0.15, 0.2) is 54.6 Å². The third-order valence-electron chi connectivity index (χ3n) is 2.83. The Hall–Kier alpha value is -1.76. The minimum Gasteiger partial charge on any atom is -0.370 e. The van der Waals surface area contributed by atoms with Crippen molar-refractivity contribution in [1.29, 1.82) is 0 Å². The van der Waals surface area contributed by atoms with Crippen LogP contribution in [0.1, 0.15) is 12.5 Å². The molecule has 1 aliphatic rings. The molecular formula is C15H17N. The average Bonchev–Trinajstić information content (AvgIpc) is 2.32. The summed E-state index contributed by atoms with van der Waals surface area (Å²) in [6.45, 7) is 7.22. The van der Waals surface area contributed by atoms with E-state index in [0.717, 1.165) is 12.1 Å².